The first-order valence-corrected chi connectivity index (χ1v) is 6.28. The molecule has 1 aromatic heterocycles. The molecule has 1 aromatic rings. The minimum absolute atomic E-state index is 0.144. The first-order valence-electron chi connectivity index (χ1n) is 6.28. The maximum atomic E-state index is 11.7. The molecule has 0 saturated carbocycles. The Kier molecular flexibility index (Phi) is 4.20. The lowest BCUT2D eigenvalue weighted by molar-refractivity contribution is -0.118. The number of carbonyl (C=O) groups is 1. The molecule has 4 heteroatoms. The predicted octanol–water partition coefficient (Wildman–Crippen LogP) is 2.58. The van der Waals surface area contributed by atoms with Gasteiger partial charge in [0.1, 0.15) is 5.76 Å². The number of amides is 1. The summed E-state index contributed by atoms with van der Waals surface area (Å²) in [7, 11) is 0. The van der Waals surface area contributed by atoms with E-state index in [4.69, 9.17) is 9.15 Å². The molecule has 98 valence electrons. The molecule has 0 aliphatic carbocycles. The third-order valence-electron chi connectivity index (χ3n) is 3.10. The lowest BCUT2D eigenvalue weighted by Gasteiger charge is -2.20. The number of hydrogen-bond donors (Lipinski definition) is 1. The molecule has 1 fully saturated rings. The highest BCUT2D eigenvalue weighted by atomic mass is 16.5. The van der Waals surface area contributed by atoms with E-state index in [-0.39, 0.29) is 18.1 Å². The van der Waals surface area contributed by atoms with E-state index < -0.39 is 0 Å². The molecule has 1 amide bonds. The lowest BCUT2D eigenvalue weighted by atomic mass is 10.0. The summed E-state index contributed by atoms with van der Waals surface area (Å²) in [5.41, 5.74) is 0.499. The Balaban J connectivity index is 2.02. The second-order valence-electron chi connectivity index (χ2n) is 4.69. The third-order valence-corrected chi connectivity index (χ3v) is 3.10. The van der Waals surface area contributed by atoms with Crippen molar-refractivity contribution >= 4 is 5.91 Å². The van der Waals surface area contributed by atoms with Crippen LogP contribution in [-0.2, 0) is 9.53 Å². The predicted molar refractivity (Wildman–Crippen MR) is 68.0 cm³/mol. The third kappa shape index (κ3) is 3.23. The first kappa shape index (κ1) is 12.9. The van der Waals surface area contributed by atoms with Crippen molar-refractivity contribution in [3.8, 4) is 0 Å². The molecule has 0 radical (unpaired) electrons. The largest absolute Gasteiger partial charge is 0.467 e. The van der Waals surface area contributed by atoms with Crippen LogP contribution in [0.15, 0.2) is 35.0 Å². The molecule has 2 unspecified atom stereocenters. The Labute approximate surface area is 107 Å². The maximum Gasteiger partial charge on any atom is 0.246 e. The molecule has 2 rings (SSSR count). The number of ether oxygens (including phenoxy) is 1. The zero-order valence-corrected chi connectivity index (χ0v) is 10.6. The van der Waals surface area contributed by atoms with Crippen molar-refractivity contribution in [1.82, 2.24) is 5.32 Å². The van der Waals surface area contributed by atoms with Crippen LogP contribution in [0.1, 0.15) is 38.0 Å². The van der Waals surface area contributed by atoms with Gasteiger partial charge < -0.3 is 14.5 Å². The fourth-order valence-corrected chi connectivity index (χ4v) is 2.11. The highest BCUT2D eigenvalue weighted by Gasteiger charge is 2.24. The van der Waals surface area contributed by atoms with Gasteiger partial charge in [-0.05, 0) is 31.9 Å². The smallest absolute Gasteiger partial charge is 0.246 e. The zero-order valence-electron chi connectivity index (χ0n) is 10.6. The summed E-state index contributed by atoms with van der Waals surface area (Å²) in [5, 5.41) is 2.93. The fourth-order valence-electron chi connectivity index (χ4n) is 2.11. The topological polar surface area (TPSA) is 51.5 Å². The Hall–Kier alpha value is -1.55. The Morgan fingerprint density at radius 1 is 1.67 bits per heavy atom. The number of furan rings is 1. The Morgan fingerprint density at radius 3 is 3.06 bits per heavy atom. The van der Waals surface area contributed by atoms with Crippen molar-refractivity contribution in [3.63, 3.8) is 0 Å². The summed E-state index contributed by atoms with van der Waals surface area (Å²) in [4.78, 5) is 11.7. The molecule has 0 spiro atoms. The van der Waals surface area contributed by atoms with Crippen molar-refractivity contribution in [2.24, 2.45) is 0 Å². The summed E-state index contributed by atoms with van der Waals surface area (Å²) in [6, 6.07) is 3.55. The van der Waals surface area contributed by atoms with E-state index in [1.165, 1.54) is 0 Å². The van der Waals surface area contributed by atoms with Crippen LogP contribution in [0.3, 0.4) is 0 Å². The van der Waals surface area contributed by atoms with Crippen molar-refractivity contribution in [3.05, 3.63) is 36.3 Å². The second-order valence-corrected chi connectivity index (χ2v) is 4.69. The van der Waals surface area contributed by atoms with Crippen molar-refractivity contribution in [2.45, 2.75) is 38.3 Å². The summed E-state index contributed by atoms with van der Waals surface area (Å²) in [6.45, 7) is 6.15. The summed E-state index contributed by atoms with van der Waals surface area (Å²) in [6.07, 6.45) is 4.69. The average Bonchev–Trinajstić information content (AvgIpc) is 3.00. The average molecular weight is 249 g/mol. The van der Waals surface area contributed by atoms with E-state index >= 15 is 0 Å². The van der Waals surface area contributed by atoms with Gasteiger partial charge in [0.15, 0.2) is 0 Å². The molecule has 0 bridgehead atoms. The van der Waals surface area contributed by atoms with Crippen LogP contribution in [0.25, 0.3) is 0 Å². The fraction of sp³-hybridized carbons (Fsp3) is 0.500. The van der Waals surface area contributed by atoms with Gasteiger partial charge in [0.05, 0.1) is 18.4 Å². The Bertz CT molecular complexity index is 405. The maximum absolute atomic E-state index is 11.7. The van der Waals surface area contributed by atoms with E-state index in [2.05, 4.69) is 11.9 Å². The molecule has 0 aromatic carbocycles. The lowest BCUT2D eigenvalue weighted by Crippen LogP contribution is -2.31. The SMILES string of the molecule is C=C(C)C(=O)NC(CC1CCCO1)c1ccco1. The van der Waals surface area contributed by atoms with Crippen LogP contribution in [0.5, 0.6) is 0 Å². The van der Waals surface area contributed by atoms with Crippen molar-refractivity contribution in [1.29, 1.82) is 0 Å². The van der Waals surface area contributed by atoms with Gasteiger partial charge in [-0.3, -0.25) is 4.79 Å². The molecule has 1 aliphatic rings. The van der Waals surface area contributed by atoms with Gasteiger partial charge in [-0.15, -0.1) is 0 Å². The molecule has 2 atom stereocenters. The zero-order chi connectivity index (χ0) is 13.0. The summed E-state index contributed by atoms with van der Waals surface area (Å²) >= 11 is 0. The summed E-state index contributed by atoms with van der Waals surface area (Å²) < 4.78 is 11.0. The van der Waals surface area contributed by atoms with E-state index in [0.717, 1.165) is 31.6 Å². The van der Waals surface area contributed by atoms with Crippen LogP contribution in [0, 0.1) is 0 Å². The molecule has 4 nitrogen and oxygen atoms in total. The van der Waals surface area contributed by atoms with E-state index in [0.29, 0.717) is 5.57 Å². The first-order chi connectivity index (χ1) is 8.66. The van der Waals surface area contributed by atoms with Gasteiger partial charge in [0.25, 0.3) is 0 Å². The number of carbonyl (C=O) groups excluding carboxylic acids is 1. The van der Waals surface area contributed by atoms with Gasteiger partial charge in [-0.1, -0.05) is 6.58 Å². The van der Waals surface area contributed by atoms with Gasteiger partial charge in [0, 0.05) is 18.6 Å². The van der Waals surface area contributed by atoms with Gasteiger partial charge in [-0.25, -0.2) is 0 Å². The molecule has 1 saturated heterocycles. The highest BCUT2D eigenvalue weighted by molar-refractivity contribution is 5.92. The molecule has 2 heterocycles. The van der Waals surface area contributed by atoms with E-state index in [1.54, 1.807) is 13.2 Å². The van der Waals surface area contributed by atoms with E-state index in [9.17, 15) is 4.79 Å². The Morgan fingerprint density at radius 2 is 2.50 bits per heavy atom. The number of hydrogen-bond acceptors (Lipinski definition) is 3. The molecular weight excluding hydrogens is 230 g/mol. The number of nitrogens with one attached hydrogen (secondary N) is 1. The van der Waals surface area contributed by atoms with Crippen LogP contribution in [0.4, 0.5) is 0 Å². The number of rotatable bonds is 5. The molecule has 1 N–H and O–H groups in total. The quantitative estimate of drug-likeness (QED) is 0.816. The minimum Gasteiger partial charge on any atom is -0.467 e. The highest BCUT2D eigenvalue weighted by Crippen LogP contribution is 2.25. The molecule has 18 heavy (non-hydrogen) atoms. The van der Waals surface area contributed by atoms with Crippen LogP contribution >= 0.6 is 0 Å². The van der Waals surface area contributed by atoms with Crippen LogP contribution in [0.2, 0.25) is 0 Å². The van der Waals surface area contributed by atoms with Crippen LogP contribution < -0.4 is 5.32 Å². The minimum atomic E-state index is -0.146. The van der Waals surface area contributed by atoms with Crippen LogP contribution in [-0.4, -0.2) is 18.6 Å². The second kappa shape index (κ2) is 5.87. The standard InChI is InChI=1S/C14H19NO3/c1-10(2)14(16)15-12(13-6-4-8-18-13)9-11-5-3-7-17-11/h4,6,8,11-12H,1,3,5,7,9H2,2H3,(H,15,16). The van der Waals surface area contributed by atoms with Gasteiger partial charge >= 0.3 is 0 Å². The van der Waals surface area contributed by atoms with Crippen molar-refractivity contribution in [2.75, 3.05) is 6.61 Å². The van der Waals surface area contributed by atoms with E-state index in [1.807, 2.05) is 12.1 Å². The van der Waals surface area contributed by atoms with Gasteiger partial charge in [0.2, 0.25) is 5.91 Å². The molecular formula is C14H19NO3. The van der Waals surface area contributed by atoms with Crippen molar-refractivity contribution < 1.29 is 13.9 Å². The van der Waals surface area contributed by atoms with Gasteiger partial charge in [-0.2, -0.15) is 0 Å². The monoisotopic (exact) mass is 249 g/mol. The normalized spacial score (nSPS) is 20.6. The molecule has 1 aliphatic heterocycles. The summed E-state index contributed by atoms with van der Waals surface area (Å²) in [5.74, 6) is 0.620.